The molecule has 2 N–H and O–H groups in total. The molecule has 5 heteroatoms. The Morgan fingerprint density at radius 1 is 1.33 bits per heavy atom. The highest BCUT2D eigenvalue weighted by Crippen LogP contribution is 2.08. The summed E-state index contributed by atoms with van der Waals surface area (Å²) < 4.78 is 1.77. The van der Waals surface area contributed by atoms with E-state index in [9.17, 15) is 9.90 Å². The van der Waals surface area contributed by atoms with Crippen LogP contribution in [0.15, 0.2) is 42.7 Å². The number of hydrogen-bond acceptors (Lipinski definition) is 3. The van der Waals surface area contributed by atoms with E-state index in [0.29, 0.717) is 6.54 Å². The molecule has 0 bridgehead atoms. The summed E-state index contributed by atoms with van der Waals surface area (Å²) in [6, 6.07) is 9.79. The number of aliphatic hydroxyl groups is 1. The molecule has 0 radical (unpaired) electrons. The molecule has 0 spiro atoms. The average Bonchev–Trinajstić information content (AvgIpc) is 2.95. The van der Waals surface area contributed by atoms with Gasteiger partial charge in [0, 0.05) is 18.3 Å². The van der Waals surface area contributed by atoms with E-state index in [-0.39, 0.29) is 18.2 Å². The molecule has 1 aromatic heterocycles. The lowest BCUT2D eigenvalue weighted by Gasteiger charge is -2.13. The molecule has 2 aromatic rings. The molecule has 1 unspecified atom stereocenters. The van der Waals surface area contributed by atoms with Crippen molar-refractivity contribution in [2.75, 3.05) is 0 Å². The van der Waals surface area contributed by atoms with Crippen molar-refractivity contribution in [2.45, 2.75) is 32.9 Å². The zero-order chi connectivity index (χ0) is 15.2. The van der Waals surface area contributed by atoms with Crippen LogP contribution in [0.5, 0.6) is 0 Å². The molecule has 2 rings (SSSR count). The Morgan fingerprint density at radius 3 is 2.71 bits per heavy atom. The van der Waals surface area contributed by atoms with Crippen LogP contribution in [0.2, 0.25) is 0 Å². The minimum Gasteiger partial charge on any atom is -0.392 e. The third-order valence-corrected chi connectivity index (χ3v) is 3.31. The van der Waals surface area contributed by atoms with E-state index in [1.807, 2.05) is 50.4 Å². The van der Waals surface area contributed by atoms with Crippen LogP contribution in [0.3, 0.4) is 0 Å². The van der Waals surface area contributed by atoms with Gasteiger partial charge in [0.2, 0.25) is 5.91 Å². The van der Waals surface area contributed by atoms with Crippen molar-refractivity contribution in [2.24, 2.45) is 5.92 Å². The normalized spacial score (nSPS) is 12.4. The van der Waals surface area contributed by atoms with Gasteiger partial charge in [-0.3, -0.25) is 4.79 Å². The Kier molecular flexibility index (Phi) is 5.11. The summed E-state index contributed by atoms with van der Waals surface area (Å²) in [6.07, 6.45) is 3.14. The van der Waals surface area contributed by atoms with Gasteiger partial charge < -0.3 is 10.4 Å². The molecule has 0 fully saturated rings. The number of para-hydroxylation sites is 1. The van der Waals surface area contributed by atoms with E-state index in [4.69, 9.17) is 0 Å². The highest BCUT2D eigenvalue weighted by atomic mass is 16.3. The summed E-state index contributed by atoms with van der Waals surface area (Å²) >= 11 is 0. The van der Waals surface area contributed by atoms with Crippen molar-refractivity contribution in [3.8, 4) is 5.69 Å². The van der Waals surface area contributed by atoms with E-state index in [2.05, 4.69) is 10.4 Å². The van der Waals surface area contributed by atoms with Crippen LogP contribution >= 0.6 is 0 Å². The van der Waals surface area contributed by atoms with Crippen molar-refractivity contribution in [1.82, 2.24) is 15.1 Å². The minimum atomic E-state index is -0.600. The number of aromatic nitrogens is 2. The third-order valence-electron chi connectivity index (χ3n) is 3.31. The third kappa shape index (κ3) is 4.43. The molecule has 0 saturated heterocycles. The van der Waals surface area contributed by atoms with Gasteiger partial charge in [0.05, 0.1) is 24.4 Å². The van der Waals surface area contributed by atoms with Crippen LogP contribution in [0.1, 0.15) is 25.8 Å². The van der Waals surface area contributed by atoms with Crippen LogP contribution in [0.4, 0.5) is 0 Å². The van der Waals surface area contributed by atoms with Gasteiger partial charge >= 0.3 is 0 Å². The second kappa shape index (κ2) is 7.04. The van der Waals surface area contributed by atoms with Crippen molar-refractivity contribution in [1.29, 1.82) is 0 Å². The summed E-state index contributed by atoms with van der Waals surface area (Å²) in [6.45, 7) is 4.19. The number of rotatable bonds is 6. The molecule has 0 aliphatic carbocycles. The second-order valence-electron chi connectivity index (χ2n) is 5.42. The lowest BCUT2D eigenvalue weighted by molar-refractivity contribution is -0.123. The standard InChI is InChI=1S/C16H21N3O2/c1-12(2)15(20)8-16(21)17-9-13-10-18-19(11-13)14-6-4-3-5-7-14/h3-7,10-12,15,20H,8-9H2,1-2H3,(H,17,21). The van der Waals surface area contributed by atoms with E-state index >= 15 is 0 Å². The first kappa shape index (κ1) is 15.3. The first-order chi connectivity index (χ1) is 10.1. The monoisotopic (exact) mass is 287 g/mol. The molecule has 0 aliphatic rings. The van der Waals surface area contributed by atoms with Gasteiger partial charge in [-0.05, 0) is 18.1 Å². The zero-order valence-electron chi connectivity index (χ0n) is 12.4. The van der Waals surface area contributed by atoms with Gasteiger partial charge in [-0.2, -0.15) is 5.10 Å². The van der Waals surface area contributed by atoms with Crippen LogP contribution in [0.25, 0.3) is 5.69 Å². The number of hydrogen-bond donors (Lipinski definition) is 2. The average molecular weight is 287 g/mol. The number of aliphatic hydroxyl groups excluding tert-OH is 1. The van der Waals surface area contributed by atoms with E-state index < -0.39 is 6.10 Å². The first-order valence-electron chi connectivity index (χ1n) is 7.10. The Hall–Kier alpha value is -2.14. The molecule has 1 heterocycles. The predicted octanol–water partition coefficient (Wildman–Crippen LogP) is 1.90. The first-order valence-corrected chi connectivity index (χ1v) is 7.10. The van der Waals surface area contributed by atoms with Crippen molar-refractivity contribution < 1.29 is 9.90 Å². The van der Waals surface area contributed by atoms with Crippen molar-refractivity contribution in [3.63, 3.8) is 0 Å². The molecule has 1 aromatic carbocycles. The number of nitrogens with zero attached hydrogens (tertiary/aromatic N) is 2. The number of benzene rings is 1. The summed E-state index contributed by atoms with van der Waals surface area (Å²) in [5, 5.41) is 16.7. The topological polar surface area (TPSA) is 67.2 Å². The Bertz CT molecular complexity index is 578. The largest absolute Gasteiger partial charge is 0.392 e. The minimum absolute atomic E-state index is 0.0802. The van der Waals surface area contributed by atoms with Crippen LogP contribution < -0.4 is 5.32 Å². The molecule has 112 valence electrons. The molecule has 0 aliphatic heterocycles. The summed E-state index contributed by atoms with van der Waals surface area (Å²) in [4.78, 5) is 11.7. The summed E-state index contributed by atoms with van der Waals surface area (Å²) in [5.41, 5.74) is 1.90. The number of amides is 1. The Balaban J connectivity index is 1.87. The van der Waals surface area contributed by atoms with Gasteiger partial charge in [-0.1, -0.05) is 32.0 Å². The number of carbonyl (C=O) groups is 1. The molecule has 1 atom stereocenters. The van der Waals surface area contributed by atoms with Gasteiger partial charge in [0.25, 0.3) is 0 Å². The Labute approximate surface area is 124 Å². The van der Waals surface area contributed by atoms with Crippen molar-refractivity contribution in [3.05, 3.63) is 48.3 Å². The molecular formula is C16H21N3O2. The molecule has 5 nitrogen and oxygen atoms in total. The fourth-order valence-electron chi connectivity index (χ4n) is 1.87. The smallest absolute Gasteiger partial charge is 0.222 e. The highest BCUT2D eigenvalue weighted by Gasteiger charge is 2.14. The number of carbonyl (C=O) groups excluding carboxylic acids is 1. The lowest BCUT2D eigenvalue weighted by Crippen LogP contribution is -2.29. The van der Waals surface area contributed by atoms with Gasteiger partial charge in [-0.15, -0.1) is 0 Å². The van der Waals surface area contributed by atoms with E-state index in [0.717, 1.165) is 11.3 Å². The van der Waals surface area contributed by atoms with Crippen LogP contribution in [-0.2, 0) is 11.3 Å². The van der Waals surface area contributed by atoms with Gasteiger partial charge in [-0.25, -0.2) is 4.68 Å². The molecule has 0 saturated carbocycles. The fourth-order valence-corrected chi connectivity index (χ4v) is 1.87. The predicted molar refractivity (Wildman–Crippen MR) is 80.9 cm³/mol. The second-order valence-corrected chi connectivity index (χ2v) is 5.42. The maximum absolute atomic E-state index is 11.7. The van der Waals surface area contributed by atoms with E-state index in [1.165, 1.54) is 0 Å². The molecular weight excluding hydrogens is 266 g/mol. The SMILES string of the molecule is CC(C)C(O)CC(=O)NCc1cnn(-c2ccccc2)c1. The highest BCUT2D eigenvalue weighted by molar-refractivity contribution is 5.76. The molecule has 21 heavy (non-hydrogen) atoms. The van der Waals surface area contributed by atoms with Gasteiger partial charge in [0.15, 0.2) is 0 Å². The molecule has 1 amide bonds. The number of nitrogens with one attached hydrogen (secondary N) is 1. The summed E-state index contributed by atoms with van der Waals surface area (Å²) in [5.74, 6) is -0.0692. The maximum Gasteiger partial charge on any atom is 0.222 e. The Morgan fingerprint density at radius 2 is 2.05 bits per heavy atom. The zero-order valence-corrected chi connectivity index (χ0v) is 12.4. The van der Waals surface area contributed by atoms with Crippen LogP contribution in [0, 0.1) is 5.92 Å². The van der Waals surface area contributed by atoms with Crippen LogP contribution in [-0.4, -0.2) is 26.9 Å². The quantitative estimate of drug-likeness (QED) is 0.852. The van der Waals surface area contributed by atoms with Crippen molar-refractivity contribution >= 4 is 5.91 Å². The fraction of sp³-hybridized carbons (Fsp3) is 0.375. The lowest BCUT2D eigenvalue weighted by atomic mass is 10.0. The van der Waals surface area contributed by atoms with Gasteiger partial charge in [0.1, 0.15) is 0 Å². The van der Waals surface area contributed by atoms with E-state index in [1.54, 1.807) is 10.9 Å². The summed E-state index contributed by atoms with van der Waals surface area (Å²) in [7, 11) is 0. The maximum atomic E-state index is 11.7.